The van der Waals surface area contributed by atoms with Crippen LogP contribution in [0.2, 0.25) is 0 Å². The highest BCUT2D eigenvalue weighted by atomic mass is 16.3. The van der Waals surface area contributed by atoms with Crippen LogP contribution in [0, 0.1) is 4.91 Å². The summed E-state index contributed by atoms with van der Waals surface area (Å²) < 4.78 is 0.654. The van der Waals surface area contributed by atoms with E-state index in [1.165, 1.54) is 12.1 Å². The van der Waals surface area contributed by atoms with Crippen LogP contribution in [0.25, 0.3) is 0 Å². The van der Waals surface area contributed by atoms with Crippen LogP contribution in [0.1, 0.15) is 0 Å². The Hall–Kier alpha value is -1.92. The lowest BCUT2D eigenvalue weighted by Gasteiger charge is -1.92. The SMILES string of the molecule is O=NN=Nn1c(O)ccc1O. The predicted octanol–water partition coefficient (Wildman–Crippen LogP) is 0.796. The number of hydrogen-bond acceptors (Lipinski definition) is 4. The minimum absolute atomic E-state index is 0.324. The van der Waals surface area contributed by atoms with Crippen molar-refractivity contribution in [3.63, 3.8) is 0 Å². The number of hydrogen-bond donors (Lipinski definition) is 2. The number of nitrogens with zero attached hydrogens (tertiary/aromatic N) is 4. The summed E-state index contributed by atoms with van der Waals surface area (Å²) in [5.74, 6) is -0.648. The maximum Gasteiger partial charge on any atom is 0.217 e. The van der Waals surface area contributed by atoms with Crippen LogP contribution in [0.3, 0.4) is 0 Å². The molecular weight excluding hydrogens is 152 g/mol. The van der Waals surface area contributed by atoms with Gasteiger partial charge in [-0.2, -0.15) is 0 Å². The fourth-order valence-corrected chi connectivity index (χ4v) is 0.556. The number of rotatable bonds is 2. The van der Waals surface area contributed by atoms with E-state index in [0.717, 1.165) is 0 Å². The van der Waals surface area contributed by atoms with E-state index in [4.69, 9.17) is 10.2 Å². The lowest BCUT2D eigenvalue weighted by molar-refractivity contribution is 0.377. The van der Waals surface area contributed by atoms with Gasteiger partial charge in [-0.1, -0.05) is 0 Å². The van der Waals surface area contributed by atoms with Crippen LogP contribution in [0.4, 0.5) is 0 Å². The molecule has 0 atom stereocenters. The minimum atomic E-state index is -0.324. The summed E-state index contributed by atoms with van der Waals surface area (Å²) >= 11 is 0. The zero-order valence-electron chi connectivity index (χ0n) is 5.25. The third-order valence-electron chi connectivity index (χ3n) is 0.981. The van der Waals surface area contributed by atoms with Gasteiger partial charge in [-0.15, -0.1) is 9.58 Å². The van der Waals surface area contributed by atoms with Crippen molar-refractivity contribution < 1.29 is 10.2 Å². The fourth-order valence-electron chi connectivity index (χ4n) is 0.556. The van der Waals surface area contributed by atoms with Crippen LogP contribution in [0.5, 0.6) is 11.8 Å². The summed E-state index contributed by atoms with van der Waals surface area (Å²) in [5.41, 5.74) is 0. The Morgan fingerprint density at radius 1 is 1.27 bits per heavy atom. The molecule has 0 unspecified atom stereocenters. The van der Waals surface area contributed by atoms with E-state index in [1.54, 1.807) is 0 Å². The van der Waals surface area contributed by atoms with Gasteiger partial charge in [0.25, 0.3) is 0 Å². The molecule has 1 heterocycles. The van der Waals surface area contributed by atoms with Crippen LogP contribution in [-0.4, -0.2) is 14.9 Å². The van der Waals surface area contributed by atoms with Gasteiger partial charge in [0.1, 0.15) is 5.29 Å². The molecule has 0 aliphatic carbocycles. The van der Waals surface area contributed by atoms with Gasteiger partial charge in [0.2, 0.25) is 11.8 Å². The number of aromatic hydroxyl groups is 2. The normalized spacial score (nSPS) is 10.5. The Morgan fingerprint density at radius 3 is 2.27 bits per heavy atom. The molecule has 7 heteroatoms. The smallest absolute Gasteiger partial charge is 0.217 e. The molecule has 0 aromatic carbocycles. The van der Waals surface area contributed by atoms with Gasteiger partial charge in [-0.25, -0.2) is 0 Å². The van der Waals surface area contributed by atoms with Gasteiger partial charge in [-0.05, 0) is 5.22 Å². The van der Waals surface area contributed by atoms with Gasteiger partial charge in [0.15, 0.2) is 0 Å². The third kappa shape index (κ3) is 1.31. The standard InChI is InChI=1S/C4H4N4O3/c9-3-1-2-4(10)8(3)6-5-7-11/h1-2,9-10H. The molecule has 0 spiro atoms. The molecule has 0 saturated heterocycles. The first-order chi connectivity index (χ1) is 5.25. The Kier molecular flexibility index (Phi) is 1.81. The van der Waals surface area contributed by atoms with E-state index < -0.39 is 0 Å². The van der Waals surface area contributed by atoms with Crippen molar-refractivity contribution in [1.29, 1.82) is 0 Å². The van der Waals surface area contributed by atoms with E-state index in [1.807, 2.05) is 0 Å². The molecule has 0 amide bonds. The Morgan fingerprint density at radius 2 is 1.82 bits per heavy atom. The second kappa shape index (κ2) is 2.78. The van der Waals surface area contributed by atoms with Crippen molar-refractivity contribution in [3.8, 4) is 11.8 Å². The summed E-state index contributed by atoms with van der Waals surface area (Å²) in [5, 5.41) is 25.5. The van der Waals surface area contributed by atoms with Crippen LogP contribution >= 0.6 is 0 Å². The summed E-state index contributed by atoms with van der Waals surface area (Å²) in [4.78, 5) is 9.44. The number of aromatic nitrogens is 1. The third-order valence-corrected chi connectivity index (χ3v) is 0.981. The molecular formula is C4H4N4O3. The van der Waals surface area contributed by atoms with Crippen molar-refractivity contribution in [2.75, 3.05) is 0 Å². The van der Waals surface area contributed by atoms with Crippen LogP contribution < -0.4 is 0 Å². The lowest BCUT2D eigenvalue weighted by Crippen LogP contribution is -1.82. The quantitative estimate of drug-likeness (QED) is 0.376. The van der Waals surface area contributed by atoms with E-state index in [0.29, 0.717) is 4.68 Å². The second-order valence-corrected chi connectivity index (χ2v) is 1.62. The molecule has 1 aromatic rings. The Bertz CT molecular complexity index is 272. The maximum absolute atomic E-state index is 9.44. The molecule has 58 valence electrons. The van der Waals surface area contributed by atoms with Crippen LogP contribution in [-0.2, 0) is 0 Å². The molecule has 2 N–H and O–H groups in total. The minimum Gasteiger partial charge on any atom is -0.493 e. The number of nitroso groups, excluding NO2 is 1. The average Bonchev–Trinajstić information content (AvgIpc) is 2.29. The predicted molar refractivity (Wildman–Crippen MR) is 33.8 cm³/mol. The molecule has 1 rings (SSSR count). The lowest BCUT2D eigenvalue weighted by atomic mass is 10.6. The zero-order chi connectivity index (χ0) is 8.27. The first-order valence-electron chi connectivity index (χ1n) is 2.59. The Balaban J connectivity index is 3.00. The van der Waals surface area contributed by atoms with E-state index in [9.17, 15) is 4.91 Å². The summed E-state index contributed by atoms with van der Waals surface area (Å²) in [6.45, 7) is 0. The first kappa shape index (κ1) is 7.19. The van der Waals surface area contributed by atoms with E-state index in [-0.39, 0.29) is 11.8 Å². The first-order valence-corrected chi connectivity index (χ1v) is 2.59. The molecule has 7 nitrogen and oxygen atoms in total. The highest BCUT2D eigenvalue weighted by Gasteiger charge is 2.02. The molecule has 0 radical (unpaired) electrons. The topological polar surface area (TPSA) is 99.5 Å². The zero-order valence-corrected chi connectivity index (χ0v) is 5.25. The molecule has 11 heavy (non-hydrogen) atoms. The Labute approximate surface area is 60.5 Å². The maximum atomic E-state index is 9.44. The van der Waals surface area contributed by atoms with Crippen molar-refractivity contribution in [2.45, 2.75) is 0 Å². The van der Waals surface area contributed by atoms with Crippen molar-refractivity contribution >= 4 is 0 Å². The molecule has 0 aliphatic rings. The molecule has 0 aliphatic heterocycles. The largest absolute Gasteiger partial charge is 0.493 e. The fraction of sp³-hybridized carbons (Fsp3) is 0. The summed E-state index contributed by atoms with van der Waals surface area (Å²) in [6.07, 6.45) is 0. The molecule has 0 fully saturated rings. The molecule has 0 saturated carbocycles. The van der Waals surface area contributed by atoms with Gasteiger partial charge in [-0.3, -0.25) is 0 Å². The summed E-state index contributed by atoms with van der Waals surface area (Å²) in [6, 6.07) is 2.39. The monoisotopic (exact) mass is 156 g/mol. The van der Waals surface area contributed by atoms with Crippen molar-refractivity contribution in [1.82, 2.24) is 4.68 Å². The average molecular weight is 156 g/mol. The van der Waals surface area contributed by atoms with E-state index >= 15 is 0 Å². The van der Waals surface area contributed by atoms with Gasteiger partial charge < -0.3 is 10.2 Å². The van der Waals surface area contributed by atoms with Crippen LogP contribution in [0.15, 0.2) is 27.9 Å². The van der Waals surface area contributed by atoms with Crippen molar-refractivity contribution in [3.05, 3.63) is 17.0 Å². The van der Waals surface area contributed by atoms with E-state index in [2.05, 4.69) is 15.7 Å². The van der Waals surface area contributed by atoms with Gasteiger partial charge in [0.05, 0.1) is 0 Å². The van der Waals surface area contributed by atoms with Crippen molar-refractivity contribution in [2.24, 2.45) is 15.7 Å². The summed E-state index contributed by atoms with van der Waals surface area (Å²) in [7, 11) is 0. The molecule has 0 bridgehead atoms. The van der Waals surface area contributed by atoms with Gasteiger partial charge >= 0.3 is 0 Å². The second-order valence-electron chi connectivity index (χ2n) is 1.62. The molecule has 1 aromatic heterocycles. The van der Waals surface area contributed by atoms with Gasteiger partial charge in [0, 0.05) is 17.4 Å². The highest BCUT2D eigenvalue weighted by Crippen LogP contribution is 2.20. The highest BCUT2D eigenvalue weighted by molar-refractivity contribution is 5.22.